The molecule has 5 nitrogen and oxygen atoms in total. The minimum Gasteiger partial charge on any atom is -0.497 e. The van der Waals surface area contributed by atoms with Crippen molar-refractivity contribution in [3.63, 3.8) is 0 Å². The summed E-state index contributed by atoms with van der Waals surface area (Å²) in [5, 5.41) is 0. The summed E-state index contributed by atoms with van der Waals surface area (Å²) in [6.45, 7) is 3.77. The van der Waals surface area contributed by atoms with Crippen molar-refractivity contribution >= 4 is 5.91 Å². The zero-order valence-corrected chi connectivity index (χ0v) is 15.0. The number of likely N-dealkylation sites (N-methyl/N-ethyl adjacent to an activating group) is 1. The van der Waals surface area contributed by atoms with E-state index >= 15 is 0 Å². The van der Waals surface area contributed by atoms with Gasteiger partial charge in [-0.15, -0.1) is 0 Å². The van der Waals surface area contributed by atoms with E-state index in [2.05, 4.69) is 17.0 Å². The molecule has 2 aliphatic rings. The molecule has 0 saturated carbocycles. The molecule has 2 heterocycles. The predicted molar refractivity (Wildman–Crippen MR) is 93.0 cm³/mol. The van der Waals surface area contributed by atoms with Gasteiger partial charge in [0.2, 0.25) is 0 Å². The molecule has 24 heavy (non-hydrogen) atoms. The van der Waals surface area contributed by atoms with E-state index in [4.69, 9.17) is 9.47 Å². The Bertz CT molecular complexity index is 572. The van der Waals surface area contributed by atoms with Crippen molar-refractivity contribution in [1.29, 1.82) is 0 Å². The third kappa shape index (κ3) is 3.73. The van der Waals surface area contributed by atoms with Crippen LogP contribution in [-0.2, 0) is 16.1 Å². The van der Waals surface area contributed by atoms with Crippen molar-refractivity contribution in [2.45, 2.75) is 31.9 Å². The number of hydrogen-bond donors (Lipinski definition) is 0. The molecule has 2 fully saturated rings. The number of nitrogens with zero attached hydrogens (tertiary/aromatic N) is 2. The smallest absolute Gasteiger partial charge is 0.251 e. The average molecular weight is 332 g/mol. The highest BCUT2D eigenvalue weighted by atomic mass is 16.5. The molecule has 2 atom stereocenters. The highest BCUT2D eigenvalue weighted by molar-refractivity contribution is 5.80. The summed E-state index contributed by atoms with van der Waals surface area (Å²) in [6.07, 6.45) is 2.91. The maximum absolute atomic E-state index is 12.2. The van der Waals surface area contributed by atoms with Gasteiger partial charge < -0.3 is 14.4 Å². The van der Waals surface area contributed by atoms with Gasteiger partial charge in [-0.2, -0.15) is 0 Å². The highest BCUT2D eigenvalue weighted by Crippen LogP contribution is 2.41. The molecule has 1 amide bonds. The van der Waals surface area contributed by atoms with Crippen LogP contribution >= 0.6 is 0 Å². The third-order valence-electron chi connectivity index (χ3n) is 5.23. The van der Waals surface area contributed by atoms with Crippen molar-refractivity contribution < 1.29 is 14.3 Å². The normalized spacial score (nSPS) is 27.4. The van der Waals surface area contributed by atoms with Gasteiger partial charge in [0.15, 0.2) is 0 Å². The lowest BCUT2D eigenvalue weighted by Crippen LogP contribution is -2.44. The lowest BCUT2D eigenvalue weighted by atomic mass is 9.78. The molecule has 1 aromatic rings. The number of carbonyl (C=O) groups is 1. The number of ether oxygens (including phenoxy) is 2. The summed E-state index contributed by atoms with van der Waals surface area (Å²) >= 11 is 0. The number of benzene rings is 1. The third-order valence-corrected chi connectivity index (χ3v) is 5.23. The van der Waals surface area contributed by atoms with Crippen LogP contribution < -0.4 is 4.74 Å². The lowest BCUT2D eigenvalue weighted by molar-refractivity contribution is -0.138. The van der Waals surface area contributed by atoms with E-state index in [1.165, 1.54) is 12.0 Å². The lowest BCUT2D eigenvalue weighted by Gasteiger charge is -2.39. The molecule has 1 aromatic carbocycles. The molecule has 3 rings (SSSR count). The van der Waals surface area contributed by atoms with Gasteiger partial charge in [-0.05, 0) is 43.5 Å². The second-order valence-electron chi connectivity index (χ2n) is 7.40. The number of carbonyl (C=O) groups excluding carboxylic acids is 1. The van der Waals surface area contributed by atoms with Gasteiger partial charge >= 0.3 is 0 Å². The first-order valence-corrected chi connectivity index (χ1v) is 8.69. The fourth-order valence-corrected chi connectivity index (χ4v) is 3.95. The Hall–Kier alpha value is -1.59. The topological polar surface area (TPSA) is 42.0 Å². The van der Waals surface area contributed by atoms with Crippen molar-refractivity contribution in [2.24, 2.45) is 5.41 Å². The number of hydrogen-bond acceptors (Lipinski definition) is 4. The molecule has 0 aliphatic carbocycles. The van der Waals surface area contributed by atoms with Crippen LogP contribution in [0.4, 0.5) is 0 Å². The SMILES string of the molecule is COc1ccc(CN2CCC[C@@]3(CO[C@@H](C(=O)N(C)C)C3)C2)cc1. The Labute approximate surface area is 144 Å². The molecule has 2 aliphatic heterocycles. The number of piperidine rings is 1. The molecule has 0 bridgehead atoms. The summed E-state index contributed by atoms with van der Waals surface area (Å²) in [7, 11) is 5.29. The van der Waals surface area contributed by atoms with E-state index in [0.717, 1.165) is 38.2 Å². The van der Waals surface area contributed by atoms with Gasteiger partial charge in [-0.25, -0.2) is 0 Å². The van der Waals surface area contributed by atoms with Crippen LogP contribution in [0.5, 0.6) is 5.75 Å². The van der Waals surface area contributed by atoms with Crippen LogP contribution in [0.3, 0.4) is 0 Å². The molecule has 1 spiro atoms. The maximum Gasteiger partial charge on any atom is 0.251 e. The first kappa shape index (κ1) is 17.2. The molecule has 0 N–H and O–H groups in total. The van der Waals surface area contributed by atoms with Gasteiger partial charge in [-0.1, -0.05) is 12.1 Å². The second-order valence-corrected chi connectivity index (χ2v) is 7.40. The molecule has 0 unspecified atom stereocenters. The first-order valence-electron chi connectivity index (χ1n) is 8.69. The number of methoxy groups -OCH3 is 1. The predicted octanol–water partition coefficient (Wildman–Crippen LogP) is 2.15. The van der Waals surface area contributed by atoms with Crippen molar-refractivity contribution in [3.8, 4) is 5.75 Å². The van der Waals surface area contributed by atoms with Crippen LogP contribution in [0.2, 0.25) is 0 Å². The summed E-state index contributed by atoms with van der Waals surface area (Å²) in [6, 6.07) is 8.28. The molecular weight excluding hydrogens is 304 g/mol. The Kier molecular flexibility index (Phi) is 5.11. The monoisotopic (exact) mass is 332 g/mol. The quantitative estimate of drug-likeness (QED) is 0.847. The van der Waals surface area contributed by atoms with E-state index in [1.807, 2.05) is 12.1 Å². The zero-order valence-electron chi connectivity index (χ0n) is 15.0. The largest absolute Gasteiger partial charge is 0.497 e. The van der Waals surface area contributed by atoms with Gasteiger partial charge in [0.25, 0.3) is 5.91 Å². The Balaban J connectivity index is 1.61. The Morgan fingerprint density at radius 3 is 2.79 bits per heavy atom. The standard InChI is InChI=1S/C19H28N2O3/c1-20(2)18(22)17-11-19(14-24-17)9-4-10-21(13-19)12-15-5-7-16(23-3)8-6-15/h5-8,17H,4,9-14H2,1-3H3/t17-,19+/m1/s1. The van der Waals surface area contributed by atoms with E-state index in [9.17, 15) is 4.79 Å². The minimum absolute atomic E-state index is 0.0964. The summed E-state index contributed by atoms with van der Waals surface area (Å²) in [4.78, 5) is 16.3. The fraction of sp³-hybridized carbons (Fsp3) is 0.632. The van der Waals surface area contributed by atoms with Crippen LogP contribution in [-0.4, -0.2) is 62.7 Å². The van der Waals surface area contributed by atoms with E-state index in [-0.39, 0.29) is 17.4 Å². The summed E-state index contributed by atoms with van der Waals surface area (Å²) in [5.41, 5.74) is 1.44. The molecule has 0 radical (unpaired) electrons. The summed E-state index contributed by atoms with van der Waals surface area (Å²) < 4.78 is 11.1. The van der Waals surface area contributed by atoms with E-state index in [0.29, 0.717) is 6.61 Å². The molecular formula is C19H28N2O3. The minimum atomic E-state index is -0.263. The van der Waals surface area contributed by atoms with Gasteiger partial charge in [-0.3, -0.25) is 9.69 Å². The molecule has 2 saturated heterocycles. The van der Waals surface area contributed by atoms with Crippen molar-refractivity contribution in [3.05, 3.63) is 29.8 Å². The summed E-state index contributed by atoms with van der Waals surface area (Å²) in [5.74, 6) is 0.988. The number of rotatable bonds is 4. The number of likely N-dealkylation sites (tertiary alicyclic amines) is 1. The van der Waals surface area contributed by atoms with Gasteiger partial charge in [0.05, 0.1) is 13.7 Å². The number of amides is 1. The first-order chi connectivity index (χ1) is 11.5. The Morgan fingerprint density at radius 2 is 2.12 bits per heavy atom. The zero-order chi connectivity index (χ0) is 17.2. The van der Waals surface area contributed by atoms with Crippen LogP contribution in [0.15, 0.2) is 24.3 Å². The highest BCUT2D eigenvalue weighted by Gasteiger charge is 2.45. The van der Waals surface area contributed by atoms with Crippen LogP contribution in [0.1, 0.15) is 24.8 Å². The fourth-order valence-electron chi connectivity index (χ4n) is 3.95. The van der Waals surface area contributed by atoms with E-state index < -0.39 is 0 Å². The van der Waals surface area contributed by atoms with E-state index in [1.54, 1.807) is 26.1 Å². The molecule has 0 aromatic heterocycles. The van der Waals surface area contributed by atoms with Gasteiger partial charge in [0, 0.05) is 32.6 Å². The molecule has 132 valence electrons. The van der Waals surface area contributed by atoms with Crippen LogP contribution in [0.25, 0.3) is 0 Å². The van der Waals surface area contributed by atoms with Crippen molar-refractivity contribution in [2.75, 3.05) is 40.9 Å². The van der Waals surface area contributed by atoms with Crippen molar-refractivity contribution in [1.82, 2.24) is 9.80 Å². The van der Waals surface area contributed by atoms with Crippen LogP contribution in [0, 0.1) is 5.41 Å². The molecule has 5 heteroatoms. The average Bonchev–Trinajstić information content (AvgIpc) is 2.98. The maximum atomic E-state index is 12.2. The second kappa shape index (κ2) is 7.11. The van der Waals surface area contributed by atoms with Gasteiger partial charge in [0.1, 0.15) is 11.9 Å². The Morgan fingerprint density at radius 1 is 1.38 bits per heavy atom.